The van der Waals surface area contributed by atoms with E-state index in [0.29, 0.717) is 22.8 Å². The molecule has 194 valence electrons. The molecule has 0 radical (unpaired) electrons. The van der Waals surface area contributed by atoms with Gasteiger partial charge in [0.15, 0.2) is 0 Å². The highest BCUT2D eigenvalue weighted by molar-refractivity contribution is 7.99. The van der Waals surface area contributed by atoms with Crippen LogP contribution in [0.1, 0.15) is 42.1 Å². The number of hydrogen-bond donors (Lipinski definition) is 2. The highest BCUT2D eigenvalue weighted by atomic mass is 32.2. The van der Waals surface area contributed by atoms with E-state index in [1.807, 2.05) is 0 Å². The fourth-order valence-corrected chi connectivity index (χ4v) is 4.60. The molecular formula is C26H26N2O8S. The second-order valence-electron chi connectivity index (χ2n) is 8.05. The molecule has 0 spiro atoms. The summed E-state index contributed by atoms with van der Waals surface area (Å²) in [5.74, 6) is -2.67. The largest absolute Gasteiger partial charge is 0.481 e. The van der Waals surface area contributed by atoms with E-state index in [2.05, 4.69) is 5.32 Å². The molecule has 0 aliphatic carbocycles. The number of carboxylic acid groups (broad SMARTS) is 1. The molecule has 2 N–H and O–H groups in total. The van der Waals surface area contributed by atoms with Gasteiger partial charge in [-0.2, -0.15) is 11.8 Å². The summed E-state index contributed by atoms with van der Waals surface area (Å²) in [4.78, 5) is 48.2. The van der Waals surface area contributed by atoms with E-state index in [9.17, 15) is 24.5 Å². The first-order valence-electron chi connectivity index (χ1n) is 11.4. The maximum atomic E-state index is 13.2. The Labute approximate surface area is 217 Å². The van der Waals surface area contributed by atoms with Crippen LogP contribution in [0, 0.1) is 10.1 Å². The number of para-hydroxylation sites is 1. The van der Waals surface area contributed by atoms with E-state index in [-0.39, 0.29) is 41.3 Å². The van der Waals surface area contributed by atoms with Crippen molar-refractivity contribution in [1.82, 2.24) is 5.32 Å². The highest BCUT2D eigenvalue weighted by Gasteiger charge is 2.42. The molecule has 0 saturated heterocycles. The Hall–Kier alpha value is -4.12. The third-order valence-corrected chi connectivity index (χ3v) is 6.45. The van der Waals surface area contributed by atoms with Crippen molar-refractivity contribution in [3.05, 3.63) is 98.5 Å². The van der Waals surface area contributed by atoms with Gasteiger partial charge in [-0.05, 0) is 32.0 Å². The molecule has 37 heavy (non-hydrogen) atoms. The van der Waals surface area contributed by atoms with Crippen LogP contribution in [0.3, 0.4) is 0 Å². The Morgan fingerprint density at radius 1 is 1.00 bits per heavy atom. The van der Waals surface area contributed by atoms with Gasteiger partial charge in [-0.1, -0.05) is 36.4 Å². The number of carbonyl (C=O) groups is 3. The van der Waals surface area contributed by atoms with Crippen LogP contribution in [-0.4, -0.2) is 46.1 Å². The van der Waals surface area contributed by atoms with E-state index < -0.39 is 28.7 Å². The summed E-state index contributed by atoms with van der Waals surface area (Å²) in [7, 11) is 0. The third-order valence-electron chi connectivity index (χ3n) is 5.51. The number of aliphatic carboxylic acids is 1. The number of carbonyl (C=O) groups excluding carboxylic acids is 2. The Kier molecular flexibility index (Phi) is 9.45. The molecule has 1 heterocycles. The molecule has 0 bridgehead atoms. The second-order valence-corrected chi connectivity index (χ2v) is 9.27. The molecule has 3 rings (SSSR count). The van der Waals surface area contributed by atoms with Crippen LogP contribution < -0.4 is 10.1 Å². The first-order valence-corrected chi connectivity index (χ1v) is 12.5. The summed E-state index contributed by atoms with van der Waals surface area (Å²) in [5, 5.41) is 23.8. The van der Waals surface area contributed by atoms with Crippen molar-refractivity contribution in [3.8, 4) is 5.75 Å². The van der Waals surface area contributed by atoms with E-state index in [0.717, 1.165) is 0 Å². The molecule has 0 saturated carbocycles. The fraction of sp³-hybridized carbons (Fsp3) is 0.269. The van der Waals surface area contributed by atoms with Gasteiger partial charge in [0.1, 0.15) is 18.3 Å². The average Bonchev–Trinajstić information content (AvgIpc) is 2.86. The number of esters is 2. The summed E-state index contributed by atoms with van der Waals surface area (Å²) in [5.41, 5.74) is 0.947. The minimum absolute atomic E-state index is 0.00620. The van der Waals surface area contributed by atoms with Gasteiger partial charge in [-0.3, -0.25) is 14.9 Å². The molecule has 11 heteroatoms. The van der Waals surface area contributed by atoms with Crippen molar-refractivity contribution >= 4 is 29.7 Å². The lowest BCUT2D eigenvalue weighted by Crippen LogP contribution is -2.32. The number of carboxylic acids is 1. The number of nitrogens with one attached hydrogen (secondary N) is 1. The molecular weight excluding hydrogens is 500 g/mol. The first kappa shape index (κ1) is 27.5. The maximum Gasteiger partial charge on any atom is 0.343 e. The van der Waals surface area contributed by atoms with E-state index in [1.54, 1.807) is 55.5 Å². The number of allylic oxidation sites excluding steroid dienone is 3. The van der Waals surface area contributed by atoms with Crippen molar-refractivity contribution in [2.75, 3.05) is 18.1 Å². The monoisotopic (exact) mass is 526 g/mol. The van der Waals surface area contributed by atoms with Gasteiger partial charge in [-0.15, -0.1) is 0 Å². The molecule has 1 atom stereocenters. The van der Waals surface area contributed by atoms with Crippen molar-refractivity contribution in [2.45, 2.75) is 26.2 Å². The Morgan fingerprint density at radius 3 is 2.35 bits per heavy atom. The molecule has 2 aromatic rings. The summed E-state index contributed by atoms with van der Waals surface area (Å²) >= 11 is 1.32. The van der Waals surface area contributed by atoms with Crippen molar-refractivity contribution < 1.29 is 33.9 Å². The normalized spacial score (nSPS) is 15.1. The molecule has 0 amide bonds. The zero-order chi connectivity index (χ0) is 26.9. The standard InChI is InChI=1S/C26H26N2O8S/c1-16-22(26(32)35-13-15-37-14-12-21(29)30)23(24(28(33)34)17(2)27-16)19-10-6-7-11-20(19)36-25(31)18-8-4-3-5-9-18/h3-11,23,27H,12-15H2,1-2H3,(H,29,30). The van der Waals surface area contributed by atoms with Crippen LogP contribution in [-0.2, 0) is 14.3 Å². The number of ether oxygens (including phenoxy) is 2. The van der Waals surface area contributed by atoms with Crippen molar-refractivity contribution in [1.29, 1.82) is 0 Å². The number of nitro groups is 1. The number of nitrogens with zero attached hydrogens (tertiary/aromatic N) is 1. The third kappa shape index (κ3) is 6.98. The van der Waals surface area contributed by atoms with Crippen LogP contribution in [0.4, 0.5) is 0 Å². The zero-order valence-electron chi connectivity index (χ0n) is 20.3. The SMILES string of the molecule is CC1=C(C(=O)OCCSCCC(=O)O)C(c2ccccc2OC(=O)c2ccccc2)C([N+](=O)[O-])=C(C)N1. The van der Waals surface area contributed by atoms with Crippen LogP contribution >= 0.6 is 11.8 Å². The minimum Gasteiger partial charge on any atom is -0.481 e. The van der Waals surface area contributed by atoms with Crippen LogP contribution in [0.5, 0.6) is 5.75 Å². The molecule has 2 aromatic carbocycles. The summed E-state index contributed by atoms with van der Waals surface area (Å²) in [6.07, 6.45) is -0.0103. The number of benzene rings is 2. The lowest BCUT2D eigenvalue weighted by atomic mass is 9.83. The van der Waals surface area contributed by atoms with Crippen molar-refractivity contribution in [2.24, 2.45) is 0 Å². The van der Waals surface area contributed by atoms with Crippen LogP contribution in [0.25, 0.3) is 0 Å². The predicted octanol–water partition coefficient (Wildman–Crippen LogP) is 4.13. The molecule has 0 aromatic heterocycles. The Balaban J connectivity index is 1.92. The highest BCUT2D eigenvalue weighted by Crippen LogP contribution is 2.42. The molecule has 10 nitrogen and oxygen atoms in total. The summed E-state index contributed by atoms with van der Waals surface area (Å²) in [6, 6.07) is 14.7. The molecule has 1 aliphatic rings. The van der Waals surface area contributed by atoms with Gasteiger partial charge in [0.25, 0.3) is 5.70 Å². The van der Waals surface area contributed by atoms with Crippen LogP contribution in [0.15, 0.2) is 77.3 Å². The summed E-state index contributed by atoms with van der Waals surface area (Å²) in [6.45, 7) is 3.15. The van der Waals surface area contributed by atoms with Gasteiger partial charge in [0.2, 0.25) is 0 Å². The molecule has 1 aliphatic heterocycles. The number of hydrogen-bond acceptors (Lipinski definition) is 9. The average molecular weight is 527 g/mol. The fourth-order valence-electron chi connectivity index (χ4n) is 3.88. The Bertz CT molecular complexity index is 1260. The number of thioether (sulfide) groups is 1. The Morgan fingerprint density at radius 2 is 1.68 bits per heavy atom. The van der Waals surface area contributed by atoms with Gasteiger partial charge in [0, 0.05) is 22.8 Å². The minimum atomic E-state index is -1.16. The first-order chi connectivity index (χ1) is 17.7. The lowest BCUT2D eigenvalue weighted by Gasteiger charge is -2.27. The van der Waals surface area contributed by atoms with E-state index in [4.69, 9.17) is 14.6 Å². The zero-order valence-corrected chi connectivity index (χ0v) is 21.1. The number of rotatable bonds is 11. The van der Waals surface area contributed by atoms with Gasteiger partial charge >= 0.3 is 17.9 Å². The van der Waals surface area contributed by atoms with E-state index in [1.165, 1.54) is 24.8 Å². The van der Waals surface area contributed by atoms with Gasteiger partial charge in [0.05, 0.1) is 28.2 Å². The van der Waals surface area contributed by atoms with Gasteiger partial charge in [-0.25, -0.2) is 9.59 Å². The van der Waals surface area contributed by atoms with Gasteiger partial charge < -0.3 is 19.9 Å². The lowest BCUT2D eigenvalue weighted by molar-refractivity contribution is -0.431. The number of dihydropyridines is 1. The molecule has 0 fully saturated rings. The quantitative estimate of drug-likeness (QED) is 0.144. The van der Waals surface area contributed by atoms with Crippen LogP contribution in [0.2, 0.25) is 0 Å². The smallest absolute Gasteiger partial charge is 0.343 e. The topological polar surface area (TPSA) is 145 Å². The predicted molar refractivity (Wildman–Crippen MR) is 137 cm³/mol. The molecule has 1 unspecified atom stereocenters. The summed E-state index contributed by atoms with van der Waals surface area (Å²) < 4.78 is 11.0. The second kappa shape index (κ2) is 12.7. The maximum absolute atomic E-state index is 13.2. The van der Waals surface area contributed by atoms with Crippen molar-refractivity contribution in [3.63, 3.8) is 0 Å². The van der Waals surface area contributed by atoms with E-state index >= 15 is 0 Å².